The molecule has 6 aromatic carbocycles. The zero-order valence-electron chi connectivity index (χ0n) is 39.3. The van der Waals surface area contributed by atoms with E-state index >= 15 is 0 Å². The zero-order chi connectivity index (χ0) is 53.7. The van der Waals surface area contributed by atoms with Crippen molar-refractivity contribution in [3.05, 3.63) is 229 Å². The third-order valence-electron chi connectivity index (χ3n) is 11.2. The number of aryl methyl sites for hydroxylation is 2. The minimum Gasteiger partial charge on any atom is -0.574 e. The van der Waals surface area contributed by atoms with Gasteiger partial charge in [-0.05, 0) is 34.4 Å². The van der Waals surface area contributed by atoms with E-state index in [1.54, 1.807) is 148 Å². The van der Waals surface area contributed by atoms with E-state index in [9.17, 15) is 52.7 Å². The second-order valence-electron chi connectivity index (χ2n) is 16.3. The molecule has 0 amide bonds. The first kappa shape index (κ1) is 55.7. The number of halogens is 12. The Balaban J connectivity index is 0.000000182. The summed E-state index contributed by atoms with van der Waals surface area (Å²) >= 11 is 0. The number of imidazole rings is 2. The van der Waals surface area contributed by atoms with Crippen LogP contribution in [-0.4, -0.2) is 19.2 Å². The molecule has 0 spiro atoms. The van der Waals surface area contributed by atoms with E-state index in [0.717, 1.165) is 20.5 Å². The molecule has 0 saturated heterocycles. The van der Waals surface area contributed by atoms with Gasteiger partial charge in [0.05, 0.1) is 36.9 Å². The molecule has 0 atom stereocenters. The number of aromatic nitrogens is 7. The van der Waals surface area contributed by atoms with Gasteiger partial charge in [-0.15, -0.1) is 0 Å². The van der Waals surface area contributed by atoms with Gasteiger partial charge in [-0.1, -0.05) is 173 Å². The Morgan fingerprint density at radius 1 is 0.447 bits per heavy atom. The summed E-state index contributed by atoms with van der Waals surface area (Å²) in [4.78, 5) is 4.12. The molecule has 10 aromatic rings. The third-order valence-corrected chi connectivity index (χ3v) is 11.2. The van der Waals surface area contributed by atoms with Gasteiger partial charge in [-0.2, -0.15) is 89.1 Å². The van der Waals surface area contributed by atoms with Crippen LogP contribution in [0.5, 0.6) is 0 Å². The van der Waals surface area contributed by atoms with Crippen molar-refractivity contribution in [2.24, 2.45) is 14.1 Å². The van der Waals surface area contributed by atoms with Crippen molar-refractivity contribution < 1.29 is 81.9 Å². The van der Waals surface area contributed by atoms with Crippen LogP contribution in [0.25, 0.3) is 67.8 Å². The number of rotatable bonds is 7. The molecule has 76 heavy (non-hydrogen) atoms. The third kappa shape index (κ3) is 12.5. The summed E-state index contributed by atoms with van der Waals surface area (Å²) in [6.45, 7) is 0. The number of hydrogen-bond donors (Lipinski definition) is 0. The average Bonchev–Trinajstić information content (AvgIpc) is 4.15. The zero-order valence-corrected chi connectivity index (χ0v) is 41.7. The van der Waals surface area contributed by atoms with E-state index in [2.05, 4.69) is 40.0 Å². The van der Waals surface area contributed by atoms with E-state index in [4.69, 9.17) is 0 Å². The summed E-state index contributed by atoms with van der Waals surface area (Å²) in [6, 6.07) is 48.4. The molecule has 0 bridgehead atoms. The molecule has 0 fully saturated rings. The number of nitrogens with zero attached hydrogens (tertiary/aromatic N) is 7. The van der Waals surface area contributed by atoms with Gasteiger partial charge in [-0.25, -0.2) is 0 Å². The van der Waals surface area contributed by atoms with Crippen LogP contribution in [0.3, 0.4) is 0 Å². The number of pyridine rings is 1. The molecule has 0 aliphatic heterocycles. The van der Waals surface area contributed by atoms with Crippen molar-refractivity contribution in [1.82, 2.24) is 24.3 Å². The molecule has 4 aromatic heterocycles. The first-order valence-electron chi connectivity index (χ1n) is 22.2. The molecular formula is C56H36F12IrN7-3. The van der Waals surface area contributed by atoms with Gasteiger partial charge in [-0.3, -0.25) is 4.98 Å². The van der Waals surface area contributed by atoms with Crippen LogP contribution in [0.2, 0.25) is 0 Å². The van der Waals surface area contributed by atoms with Gasteiger partial charge in [0.25, 0.3) is 0 Å². The molecule has 4 heterocycles. The minimum absolute atomic E-state index is 0. The molecule has 0 unspecified atom stereocenters. The molecule has 0 aliphatic rings. The molecule has 391 valence electrons. The van der Waals surface area contributed by atoms with Gasteiger partial charge in [0.2, 0.25) is 12.7 Å². The van der Waals surface area contributed by atoms with E-state index in [1.807, 2.05) is 24.3 Å². The largest absolute Gasteiger partial charge is 0.574 e. The second-order valence-corrected chi connectivity index (χ2v) is 16.3. The monoisotopic (exact) mass is 1230 g/mol. The SMILES string of the molecule is C[n+]1[c-]n(-c2[c-]cc(C(F)(F)F)cc2C(F)(F)F)c(-c2ccccc2)c1-c1ccccc1.C[n+]1[c-]n(-c2[c-]cc(C(F)(F)F)cc2C(F)(F)F)c(-c2ccccc2)c1-c1ccccc1.[Ir].c1ccc(-c2ccn[n-]2)nc1. The fraction of sp³-hybridized carbons (Fsp3) is 0.107. The molecule has 10 rings (SSSR count). The number of benzene rings is 6. The van der Waals surface area contributed by atoms with Crippen molar-refractivity contribution >= 4 is 0 Å². The van der Waals surface area contributed by atoms with Gasteiger partial charge < -0.3 is 28.5 Å². The molecule has 1 radical (unpaired) electrons. The van der Waals surface area contributed by atoms with Crippen LogP contribution in [0, 0.1) is 24.8 Å². The number of alkyl halides is 12. The topological polar surface area (TPSA) is 57.5 Å². The summed E-state index contributed by atoms with van der Waals surface area (Å²) in [5, 5.41) is 7.58. The van der Waals surface area contributed by atoms with E-state index < -0.39 is 58.3 Å². The van der Waals surface area contributed by atoms with Crippen LogP contribution in [0.1, 0.15) is 22.3 Å². The van der Waals surface area contributed by atoms with Gasteiger partial charge in [0.1, 0.15) is 0 Å². The summed E-state index contributed by atoms with van der Waals surface area (Å²) in [5.41, 5.74) is -0.808. The van der Waals surface area contributed by atoms with Crippen LogP contribution >= 0.6 is 0 Å². The Morgan fingerprint density at radius 3 is 1.13 bits per heavy atom. The first-order chi connectivity index (χ1) is 35.6. The predicted octanol–water partition coefficient (Wildman–Crippen LogP) is 13.6. The molecule has 0 aliphatic carbocycles. The van der Waals surface area contributed by atoms with Crippen molar-refractivity contribution in [3.8, 4) is 67.8 Å². The van der Waals surface area contributed by atoms with Gasteiger partial charge >= 0.3 is 24.7 Å². The quantitative estimate of drug-likeness (QED) is 0.0908. The molecule has 0 N–H and O–H groups in total. The second kappa shape index (κ2) is 22.8. The molecular weight excluding hydrogens is 1190 g/mol. The summed E-state index contributed by atoms with van der Waals surface area (Å²) < 4.78 is 167. The Labute approximate surface area is 440 Å². The molecule has 20 heteroatoms. The van der Waals surface area contributed by atoms with Crippen LogP contribution in [-0.2, 0) is 58.9 Å². The minimum atomic E-state index is -5.04. The van der Waals surface area contributed by atoms with Crippen molar-refractivity contribution in [2.75, 3.05) is 0 Å². The predicted molar refractivity (Wildman–Crippen MR) is 252 cm³/mol. The van der Waals surface area contributed by atoms with Gasteiger partial charge in [0.15, 0.2) is 0 Å². The standard InChI is InChI=1S/2C24H15F6N2.C8H6N3.Ir/c2*1-31-15-32(20-13-12-18(23(25,26)27)14-19(20)24(28,29)30)22(17-10-6-3-7-11-17)21(31)16-8-4-2-5-9-16;1-2-5-9-7(3-1)8-4-6-10-11-8;/h2*2-12,14H,1H3;1-6H;/q3*-1;. The Morgan fingerprint density at radius 2 is 0.816 bits per heavy atom. The Hall–Kier alpha value is -8.09. The van der Waals surface area contributed by atoms with E-state index in [0.29, 0.717) is 57.2 Å². The van der Waals surface area contributed by atoms with Crippen LogP contribution < -0.4 is 14.2 Å². The first-order valence-corrected chi connectivity index (χ1v) is 22.2. The maximum absolute atomic E-state index is 13.8. The molecule has 7 nitrogen and oxygen atoms in total. The van der Waals surface area contributed by atoms with Crippen molar-refractivity contribution in [2.45, 2.75) is 24.7 Å². The Bertz CT molecular complexity index is 3290. The summed E-state index contributed by atoms with van der Waals surface area (Å²) in [7, 11) is 3.23. The maximum atomic E-state index is 13.8. The summed E-state index contributed by atoms with van der Waals surface area (Å²) in [5.74, 6) is 0. The van der Waals surface area contributed by atoms with Crippen molar-refractivity contribution in [1.29, 1.82) is 0 Å². The number of hydrogen-bond acceptors (Lipinski definition) is 2. The van der Waals surface area contributed by atoms with Gasteiger partial charge in [0, 0.05) is 38.2 Å². The fourth-order valence-corrected chi connectivity index (χ4v) is 7.92. The van der Waals surface area contributed by atoms with Crippen molar-refractivity contribution in [3.63, 3.8) is 0 Å². The van der Waals surface area contributed by atoms with Crippen LogP contribution in [0.4, 0.5) is 52.7 Å². The average molecular weight is 1230 g/mol. The molecule has 0 saturated carbocycles. The fourth-order valence-electron chi connectivity index (χ4n) is 7.92. The normalized spacial score (nSPS) is 11.7. The smallest absolute Gasteiger partial charge is 0.370 e. The van der Waals surface area contributed by atoms with E-state index in [1.165, 1.54) is 9.13 Å². The Kier molecular flexibility index (Phi) is 16.7. The summed E-state index contributed by atoms with van der Waals surface area (Å²) in [6.07, 6.45) is -10.9. The van der Waals surface area contributed by atoms with Crippen LogP contribution in [0.15, 0.2) is 182 Å². The van der Waals surface area contributed by atoms with E-state index in [-0.39, 0.29) is 32.2 Å². The maximum Gasteiger partial charge on any atom is 0.370 e.